The van der Waals surface area contributed by atoms with Gasteiger partial charge in [-0.1, -0.05) is 17.7 Å². The van der Waals surface area contributed by atoms with Gasteiger partial charge in [-0.05, 0) is 35.4 Å². The van der Waals surface area contributed by atoms with Gasteiger partial charge in [-0.15, -0.1) is 0 Å². The quantitative estimate of drug-likeness (QED) is 0.739. The first-order valence-corrected chi connectivity index (χ1v) is 9.79. The Labute approximate surface area is 152 Å². The SMILES string of the molecule is O=S(c1ccc2c(c1)COC2)c1cc(Cl)c2oc3c(c2c1)CNCC3. The van der Waals surface area contributed by atoms with Crippen LogP contribution in [0, 0.1) is 0 Å². The molecule has 1 aromatic heterocycles. The normalized spacial score (nSPS) is 17.5. The van der Waals surface area contributed by atoms with E-state index in [-0.39, 0.29) is 0 Å². The molecule has 1 unspecified atom stereocenters. The number of furan rings is 1. The van der Waals surface area contributed by atoms with Crippen molar-refractivity contribution in [3.8, 4) is 0 Å². The Hall–Kier alpha value is -1.66. The molecule has 0 bridgehead atoms. The molecule has 3 heterocycles. The van der Waals surface area contributed by atoms with Crippen LogP contribution in [0.25, 0.3) is 11.0 Å². The van der Waals surface area contributed by atoms with Gasteiger partial charge in [0, 0.05) is 40.3 Å². The Kier molecular flexibility index (Phi) is 3.71. The van der Waals surface area contributed by atoms with Crippen LogP contribution in [0.3, 0.4) is 0 Å². The van der Waals surface area contributed by atoms with Crippen molar-refractivity contribution in [2.75, 3.05) is 6.54 Å². The smallest absolute Gasteiger partial charge is 0.153 e. The average molecular weight is 374 g/mol. The Bertz CT molecular complexity index is 1030. The number of halogens is 1. The minimum Gasteiger partial charge on any atom is -0.459 e. The maximum Gasteiger partial charge on any atom is 0.153 e. The highest BCUT2D eigenvalue weighted by atomic mass is 35.5. The lowest BCUT2D eigenvalue weighted by Crippen LogP contribution is -2.22. The molecule has 6 heteroatoms. The van der Waals surface area contributed by atoms with Crippen LogP contribution in [0.15, 0.2) is 44.5 Å². The van der Waals surface area contributed by atoms with Gasteiger partial charge in [-0.25, -0.2) is 4.21 Å². The fourth-order valence-electron chi connectivity index (χ4n) is 3.55. The Morgan fingerprint density at radius 2 is 1.96 bits per heavy atom. The zero-order chi connectivity index (χ0) is 17.0. The minimum atomic E-state index is -1.29. The third-order valence-electron chi connectivity index (χ3n) is 4.86. The molecule has 128 valence electrons. The van der Waals surface area contributed by atoms with E-state index in [0.717, 1.165) is 46.7 Å². The summed E-state index contributed by atoms with van der Waals surface area (Å²) < 4.78 is 24.5. The highest BCUT2D eigenvalue weighted by Gasteiger charge is 2.22. The average Bonchev–Trinajstić information content (AvgIpc) is 3.25. The van der Waals surface area contributed by atoms with Gasteiger partial charge in [-0.2, -0.15) is 0 Å². The van der Waals surface area contributed by atoms with Crippen molar-refractivity contribution in [3.63, 3.8) is 0 Å². The molecular weight excluding hydrogens is 358 g/mol. The van der Waals surface area contributed by atoms with Crippen molar-refractivity contribution in [1.82, 2.24) is 5.32 Å². The van der Waals surface area contributed by atoms with Crippen molar-refractivity contribution in [2.24, 2.45) is 0 Å². The van der Waals surface area contributed by atoms with Crippen LogP contribution < -0.4 is 5.32 Å². The molecule has 0 amide bonds. The van der Waals surface area contributed by atoms with Crippen LogP contribution in [-0.2, 0) is 41.7 Å². The van der Waals surface area contributed by atoms with E-state index in [1.165, 1.54) is 5.56 Å². The molecule has 25 heavy (non-hydrogen) atoms. The predicted octanol–water partition coefficient (Wildman–Crippen LogP) is 3.93. The summed E-state index contributed by atoms with van der Waals surface area (Å²) in [6.07, 6.45) is 0.851. The minimum absolute atomic E-state index is 0.514. The summed E-state index contributed by atoms with van der Waals surface area (Å²) in [4.78, 5) is 1.47. The lowest BCUT2D eigenvalue weighted by Gasteiger charge is -2.11. The summed E-state index contributed by atoms with van der Waals surface area (Å²) in [7, 11) is -1.29. The van der Waals surface area contributed by atoms with Crippen molar-refractivity contribution in [2.45, 2.75) is 36.0 Å². The van der Waals surface area contributed by atoms with E-state index < -0.39 is 10.8 Å². The number of rotatable bonds is 2. The Morgan fingerprint density at radius 3 is 2.88 bits per heavy atom. The number of nitrogens with one attached hydrogen (secondary N) is 1. The van der Waals surface area contributed by atoms with Gasteiger partial charge in [-0.3, -0.25) is 0 Å². The second kappa shape index (κ2) is 5.95. The fraction of sp³-hybridized carbons (Fsp3) is 0.263. The van der Waals surface area contributed by atoms with Crippen LogP contribution >= 0.6 is 11.6 Å². The van der Waals surface area contributed by atoms with Crippen molar-refractivity contribution in [3.05, 3.63) is 57.8 Å². The van der Waals surface area contributed by atoms with E-state index in [2.05, 4.69) is 5.32 Å². The van der Waals surface area contributed by atoms with Gasteiger partial charge in [0.2, 0.25) is 0 Å². The van der Waals surface area contributed by atoms with E-state index in [0.29, 0.717) is 28.7 Å². The largest absolute Gasteiger partial charge is 0.459 e. The van der Waals surface area contributed by atoms with Crippen LogP contribution in [0.1, 0.15) is 22.5 Å². The second-order valence-corrected chi connectivity index (χ2v) is 8.29. The number of fused-ring (bicyclic) bond motifs is 4. The van der Waals surface area contributed by atoms with E-state index >= 15 is 0 Å². The van der Waals surface area contributed by atoms with Gasteiger partial charge in [0.1, 0.15) is 5.76 Å². The number of hydrogen-bond acceptors (Lipinski definition) is 4. The molecule has 0 spiro atoms. The summed E-state index contributed by atoms with van der Waals surface area (Å²) in [5, 5.41) is 4.83. The molecule has 0 saturated carbocycles. The van der Waals surface area contributed by atoms with E-state index in [4.69, 9.17) is 20.8 Å². The lowest BCUT2D eigenvalue weighted by atomic mass is 10.1. The Morgan fingerprint density at radius 1 is 1.08 bits per heavy atom. The molecular formula is C19H16ClNO3S. The summed E-state index contributed by atoms with van der Waals surface area (Å²) in [5.41, 5.74) is 4.11. The molecule has 1 atom stereocenters. The van der Waals surface area contributed by atoms with Gasteiger partial charge < -0.3 is 14.5 Å². The van der Waals surface area contributed by atoms with Crippen molar-refractivity contribution in [1.29, 1.82) is 0 Å². The third kappa shape index (κ3) is 2.54. The molecule has 2 aromatic carbocycles. The number of benzene rings is 2. The predicted molar refractivity (Wildman–Crippen MR) is 96.2 cm³/mol. The summed E-state index contributed by atoms with van der Waals surface area (Å²) in [5.74, 6) is 0.980. The highest BCUT2D eigenvalue weighted by Crippen LogP contribution is 2.36. The molecule has 1 N–H and O–H groups in total. The van der Waals surface area contributed by atoms with Crippen LogP contribution in [0.2, 0.25) is 5.02 Å². The van der Waals surface area contributed by atoms with Gasteiger partial charge in [0.25, 0.3) is 0 Å². The number of ether oxygens (including phenoxy) is 1. The molecule has 2 aliphatic rings. The van der Waals surface area contributed by atoms with Crippen LogP contribution in [0.4, 0.5) is 0 Å². The standard InChI is InChI=1S/C19H16ClNO3S/c20-17-7-14(6-15-16-8-21-4-3-18(16)24-19(15)17)25(22)13-2-1-11-9-23-10-12(11)5-13/h1-2,5-7,21H,3-4,8-10H2. The molecule has 2 aliphatic heterocycles. The van der Waals surface area contributed by atoms with Gasteiger partial charge >= 0.3 is 0 Å². The van der Waals surface area contributed by atoms with Gasteiger partial charge in [0.05, 0.1) is 29.0 Å². The second-order valence-electron chi connectivity index (χ2n) is 6.40. The first-order valence-electron chi connectivity index (χ1n) is 8.26. The maximum absolute atomic E-state index is 13.1. The molecule has 0 aliphatic carbocycles. The summed E-state index contributed by atoms with van der Waals surface area (Å²) in [6, 6.07) is 9.60. The molecule has 0 radical (unpaired) electrons. The first kappa shape index (κ1) is 15.6. The summed E-state index contributed by atoms with van der Waals surface area (Å²) in [6.45, 7) is 2.88. The van der Waals surface area contributed by atoms with Crippen molar-refractivity contribution >= 4 is 33.4 Å². The zero-order valence-electron chi connectivity index (χ0n) is 13.4. The van der Waals surface area contributed by atoms with Crippen molar-refractivity contribution < 1.29 is 13.4 Å². The number of hydrogen-bond donors (Lipinski definition) is 1. The van der Waals surface area contributed by atoms with Gasteiger partial charge in [0.15, 0.2) is 5.58 Å². The van der Waals surface area contributed by atoms with E-state index in [9.17, 15) is 4.21 Å². The zero-order valence-corrected chi connectivity index (χ0v) is 15.0. The molecule has 4 nitrogen and oxygen atoms in total. The third-order valence-corrected chi connectivity index (χ3v) is 6.48. The monoisotopic (exact) mass is 373 g/mol. The molecule has 0 fully saturated rings. The molecule has 5 rings (SSSR count). The maximum atomic E-state index is 13.1. The van der Waals surface area contributed by atoms with Crippen LogP contribution in [-0.4, -0.2) is 10.8 Å². The highest BCUT2D eigenvalue weighted by molar-refractivity contribution is 7.85. The lowest BCUT2D eigenvalue weighted by molar-refractivity contribution is 0.134. The van der Waals surface area contributed by atoms with Crippen LogP contribution in [0.5, 0.6) is 0 Å². The first-order chi connectivity index (χ1) is 12.2. The van der Waals surface area contributed by atoms with E-state index in [1.807, 2.05) is 24.3 Å². The molecule has 0 saturated heterocycles. The fourth-order valence-corrected chi connectivity index (χ4v) is 5.03. The van der Waals surface area contributed by atoms with E-state index in [1.54, 1.807) is 6.07 Å². The molecule has 3 aromatic rings. The summed E-state index contributed by atoms with van der Waals surface area (Å²) >= 11 is 6.44. The topological polar surface area (TPSA) is 51.5 Å². The Balaban J connectivity index is 1.61.